The Morgan fingerprint density at radius 2 is 2.35 bits per heavy atom. The van der Waals surface area contributed by atoms with Crippen LogP contribution in [0.2, 0.25) is 5.15 Å². The highest BCUT2D eigenvalue weighted by molar-refractivity contribution is 7.17. The summed E-state index contributed by atoms with van der Waals surface area (Å²) in [6.07, 6.45) is 0.773. The van der Waals surface area contributed by atoms with E-state index in [-0.39, 0.29) is 0 Å². The largest absolute Gasteiger partial charge is 0.345 e. The molecule has 0 saturated carbocycles. The first-order chi connectivity index (χ1) is 8.15. The van der Waals surface area contributed by atoms with Gasteiger partial charge in [0.1, 0.15) is 4.88 Å². The number of hydrogen-bond donors (Lipinski definition) is 0. The number of aromatic nitrogens is 1. The van der Waals surface area contributed by atoms with E-state index in [1.807, 2.05) is 0 Å². The fraction of sp³-hybridized carbons (Fsp3) is 0.636. The van der Waals surface area contributed by atoms with E-state index in [0.29, 0.717) is 16.1 Å². The molecule has 0 bridgehead atoms. The van der Waals surface area contributed by atoms with Gasteiger partial charge in [0, 0.05) is 25.7 Å². The first kappa shape index (κ1) is 12.8. The summed E-state index contributed by atoms with van der Waals surface area (Å²) in [6, 6.07) is 0.510. The van der Waals surface area contributed by atoms with Crippen LogP contribution in [0.5, 0.6) is 0 Å². The van der Waals surface area contributed by atoms with Crippen molar-refractivity contribution in [2.24, 2.45) is 0 Å². The predicted octanol–water partition coefficient (Wildman–Crippen LogP) is 2.14. The van der Waals surface area contributed by atoms with E-state index in [2.05, 4.69) is 28.6 Å². The van der Waals surface area contributed by atoms with Crippen molar-refractivity contribution < 1.29 is 4.79 Å². The molecule has 94 valence electrons. The fourth-order valence-corrected chi connectivity index (χ4v) is 3.25. The third kappa shape index (κ3) is 2.61. The van der Waals surface area contributed by atoms with Crippen LogP contribution in [0.15, 0.2) is 0 Å². The van der Waals surface area contributed by atoms with E-state index in [1.54, 1.807) is 0 Å². The van der Waals surface area contributed by atoms with E-state index < -0.39 is 0 Å². The molecule has 1 unspecified atom stereocenters. The molecule has 1 aromatic rings. The molecular weight excluding hydrogens is 258 g/mol. The second kappa shape index (κ2) is 5.33. The summed E-state index contributed by atoms with van der Waals surface area (Å²) in [5, 5.41) is 1.19. The highest BCUT2D eigenvalue weighted by Gasteiger charge is 2.24. The van der Waals surface area contributed by atoms with Crippen molar-refractivity contribution in [1.82, 2.24) is 9.88 Å². The highest BCUT2D eigenvalue weighted by atomic mass is 35.5. The Labute approximate surface area is 110 Å². The van der Waals surface area contributed by atoms with Crippen LogP contribution < -0.4 is 4.90 Å². The van der Waals surface area contributed by atoms with E-state index in [1.165, 1.54) is 11.3 Å². The molecule has 1 aliphatic heterocycles. The zero-order chi connectivity index (χ0) is 12.4. The molecule has 1 aliphatic rings. The van der Waals surface area contributed by atoms with Crippen LogP contribution in [0.4, 0.5) is 5.13 Å². The van der Waals surface area contributed by atoms with E-state index in [0.717, 1.165) is 37.6 Å². The van der Waals surface area contributed by atoms with Gasteiger partial charge in [-0.3, -0.25) is 9.69 Å². The minimum atomic E-state index is 0.325. The molecular formula is C11H16ClN3OS. The Kier molecular flexibility index (Phi) is 4.01. The number of piperazine rings is 1. The number of rotatable bonds is 3. The lowest BCUT2D eigenvalue weighted by Gasteiger charge is -2.39. The molecule has 0 aliphatic carbocycles. The molecule has 17 heavy (non-hydrogen) atoms. The molecule has 2 rings (SSSR count). The van der Waals surface area contributed by atoms with Crippen molar-refractivity contribution in [2.45, 2.75) is 19.9 Å². The summed E-state index contributed by atoms with van der Waals surface area (Å²) >= 11 is 7.26. The highest BCUT2D eigenvalue weighted by Crippen LogP contribution is 2.29. The number of nitrogens with zero attached hydrogens (tertiary/aromatic N) is 3. The lowest BCUT2D eigenvalue weighted by atomic mass is 10.2. The summed E-state index contributed by atoms with van der Waals surface area (Å²) in [5.41, 5.74) is 0. The van der Waals surface area contributed by atoms with Crippen molar-refractivity contribution in [3.05, 3.63) is 10.0 Å². The van der Waals surface area contributed by atoms with Gasteiger partial charge in [-0.15, -0.1) is 0 Å². The minimum absolute atomic E-state index is 0.325. The van der Waals surface area contributed by atoms with E-state index in [9.17, 15) is 4.79 Å². The van der Waals surface area contributed by atoms with Gasteiger partial charge in [0.25, 0.3) is 0 Å². The zero-order valence-corrected chi connectivity index (χ0v) is 11.6. The lowest BCUT2D eigenvalue weighted by Crippen LogP contribution is -2.51. The minimum Gasteiger partial charge on any atom is -0.345 e. The van der Waals surface area contributed by atoms with Crippen LogP contribution in [0.1, 0.15) is 23.5 Å². The monoisotopic (exact) mass is 273 g/mol. The third-order valence-electron chi connectivity index (χ3n) is 3.15. The van der Waals surface area contributed by atoms with Gasteiger partial charge < -0.3 is 4.90 Å². The molecule has 1 atom stereocenters. The van der Waals surface area contributed by atoms with Gasteiger partial charge in [-0.05, 0) is 13.5 Å². The van der Waals surface area contributed by atoms with Crippen molar-refractivity contribution in [1.29, 1.82) is 0 Å². The molecule has 0 aromatic carbocycles. The summed E-state index contributed by atoms with van der Waals surface area (Å²) in [7, 11) is 0. The van der Waals surface area contributed by atoms with Crippen LogP contribution in [-0.4, -0.2) is 48.4 Å². The zero-order valence-electron chi connectivity index (χ0n) is 10.0. The maximum Gasteiger partial charge on any atom is 0.187 e. The number of halogens is 1. The smallest absolute Gasteiger partial charge is 0.187 e. The topological polar surface area (TPSA) is 36.4 Å². The SMILES string of the molecule is CCN1CCN(c2nc(Cl)c(C=O)s2)CC1C. The predicted molar refractivity (Wildman–Crippen MR) is 71.4 cm³/mol. The first-order valence-electron chi connectivity index (χ1n) is 5.76. The molecule has 6 heteroatoms. The van der Waals surface area contributed by atoms with Gasteiger partial charge in [-0.25, -0.2) is 4.98 Å². The molecule has 0 N–H and O–H groups in total. The fourth-order valence-electron chi connectivity index (χ4n) is 2.15. The van der Waals surface area contributed by atoms with Gasteiger partial charge in [0.05, 0.1) is 0 Å². The Bertz CT molecular complexity index is 409. The average Bonchev–Trinajstić information content (AvgIpc) is 2.70. The standard InChI is InChI=1S/C11H16ClN3OS/c1-3-14-4-5-15(6-8(14)2)11-13-10(12)9(7-16)17-11/h7-8H,3-6H2,1-2H3. The number of anilines is 1. The summed E-state index contributed by atoms with van der Waals surface area (Å²) in [5.74, 6) is 0. The molecule has 4 nitrogen and oxygen atoms in total. The number of thiazole rings is 1. The Hall–Kier alpha value is -0.650. The second-order valence-corrected chi connectivity index (χ2v) is 5.56. The van der Waals surface area contributed by atoms with Crippen LogP contribution in [0.3, 0.4) is 0 Å². The molecule has 0 amide bonds. The maximum atomic E-state index is 10.7. The summed E-state index contributed by atoms with van der Waals surface area (Å²) < 4.78 is 0. The number of hydrogen-bond acceptors (Lipinski definition) is 5. The normalized spacial score (nSPS) is 21.8. The number of carbonyl (C=O) groups excluding carboxylic acids is 1. The molecule has 0 radical (unpaired) electrons. The van der Waals surface area contributed by atoms with Gasteiger partial charge in [0.15, 0.2) is 16.6 Å². The Balaban J connectivity index is 2.10. The maximum absolute atomic E-state index is 10.7. The quantitative estimate of drug-likeness (QED) is 0.791. The molecule has 1 fully saturated rings. The number of likely N-dealkylation sites (N-methyl/N-ethyl adjacent to an activating group) is 1. The van der Waals surface area contributed by atoms with Gasteiger partial charge in [0.2, 0.25) is 0 Å². The van der Waals surface area contributed by atoms with Crippen molar-refractivity contribution >= 4 is 34.4 Å². The lowest BCUT2D eigenvalue weighted by molar-refractivity contribution is 0.112. The number of carbonyl (C=O) groups is 1. The second-order valence-electron chi connectivity index (χ2n) is 4.19. The molecule has 0 spiro atoms. The van der Waals surface area contributed by atoms with Gasteiger partial charge in [-0.2, -0.15) is 0 Å². The van der Waals surface area contributed by atoms with Crippen molar-refractivity contribution in [2.75, 3.05) is 31.1 Å². The van der Waals surface area contributed by atoms with Crippen LogP contribution in [0, 0.1) is 0 Å². The third-order valence-corrected chi connectivity index (χ3v) is 4.59. The molecule has 1 saturated heterocycles. The Morgan fingerprint density at radius 1 is 1.59 bits per heavy atom. The molecule has 2 heterocycles. The summed E-state index contributed by atoms with van der Waals surface area (Å²) in [6.45, 7) is 8.39. The summed E-state index contributed by atoms with van der Waals surface area (Å²) in [4.78, 5) is 20.2. The molecule has 1 aromatic heterocycles. The van der Waals surface area contributed by atoms with Crippen LogP contribution in [0.25, 0.3) is 0 Å². The van der Waals surface area contributed by atoms with Crippen LogP contribution in [-0.2, 0) is 0 Å². The van der Waals surface area contributed by atoms with E-state index in [4.69, 9.17) is 11.6 Å². The van der Waals surface area contributed by atoms with E-state index >= 15 is 0 Å². The first-order valence-corrected chi connectivity index (χ1v) is 6.95. The van der Waals surface area contributed by atoms with Crippen molar-refractivity contribution in [3.63, 3.8) is 0 Å². The average molecular weight is 274 g/mol. The van der Waals surface area contributed by atoms with Crippen molar-refractivity contribution in [3.8, 4) is 0 Å². The van der Waals surface area contributed by atoms with Crippen LogP contribution >= 0.6 is 22.9 Å². The van der Waals surface area contributed by atoms with Gasteiger partial charge in [-0.1, -0.05) is 29.9 Å². The van der Waals surface area contributed by atoms with Gasteiger partial charge >= 0.3 is 0 Å². The number of aldehydes is 1. The Morgan fingerprint density at radius 3 is 2.88 bits per heavy atom.